The van der Waals surface area contributed by atoms with Crippen LogP contribution in [0.3, 0.4) is 0 Å². The lowest BCUT2D eigenvalue weighted by molar-refractivity contribution is 0.0340. The highest BCUT2D eigenvalue weighted by Gasteiger charge is 2.38. The largest absolute Gasteiger partial charge is 0.481 e. The van der Waals surface area contributed by atoms with Crippen LogP contribution in [0, 0.1) is 0 Å². The minimum absolute atomic E-state index is 0.0300. The van der Waals surface area contributed by atoms with E-state index < -0.39 is 0 Å². The molecule has 5 nitrogen and oxygen atoms in total. The Kier molecular flexibility index (Phi) is 4.34. The van der Waals surface area contributed by atoms with Crippen LogP contribution in [0.5, 0.6) is 5.88 Å². The summed E-state index contributed by atoms with van der Waals surface area (Å²) in [6.45, 7) is 5.13. The molecule has 5 heteroatoms. The van der Waals surface area contributed by atoms with Gasteiger partial charge in [0.2, 0.25) is 5.88 Å². The second-order valence-electron chi connectivity index (χ2n) is 7.05. The lowest BCUT2D eigenvalue weighted by Crippen LogP contribution is -2.57. The molecule has 4 rings (SSSR count). The molecule has 0 unspecified atom stereocenters. The lowest BCUT2D eigenvalue weighted by Gasteiger charge is -2.43. The van der Waals surface area contributed by atoms with Crippen molar-refractivity contribution in [2.45, 2.75) is 38.3 Å². The van der Waals surface area contributed by atoms with E-state index in [0.29, 0.717) is 17.6 Å². The van der Waals surface area contributed by atoms with Crippen LogP contribution < -0.4 is 4.74 Å². The van der Waals surface area contributed by atoms with E-state index >= 15 is 0 Å². The maximum Gasteiger partial charge on any atom is 0.272 e. The zero-order chi connectivity index (χ0) is 17.4. The second-order valence-corrected chi connectivity index (χ2v) is 7.05. The summed E-state index contributed by atoms with van der Waals surface area (Å²) >= 11 is 0. The van der Waals surface area contributed by atoms with Gasteiger partial charge in [-0.1, -0.05) is 25.1 Å². The number of piperazine rings is 1. The quantitative estimate of drug-likeness (QED) is 0.862. The second kappa shape index (κ2) is 6.64. The van der Waals surface area contributed by atoms with E-state index in [2.05, 4.69) is 16.8 Å². The van der Waals surface area contributed by atoms with Crippen molar-refractivity contribution in [3.63, 3.8) is 0 Å². The third-order valence-electron chi connectivity index (χ3n) is 5.64. The van der Waals surface area contributed by atoms with E-state index in [1.807, 2.05) is 35.2 Å². The number of methoxy groups -OCH3 is 1. The number of carbonyl (C=O) groups excluding carboxylic acids is 1. The number of aromatic nitrogens is 1. The van der Waals surface area contributed by atoms with E-state index in [4.69, 9.17) is 4.74 Å². The molecule has 0 spiro atoms. The predicted molar refractivity (Wildman–Crippen MR) is 98.0 cm³/mol. The summed E-state index contributed by atoms with van der Waals surface area (Å²) in [5.74, 6) is 0.552. The summed E-state index contributed by atoms with van der Waals surface area (Å²) in [5.41, 5.74) is 0.487. The van der Waals surface area contributed by atoms with Gasteiger partial charge in [0.1, 0.15) is 5.69 Å². The summed E-state index contributed by atoms with van der Waals surface area (Å²) in [6, 6.07) is 10.6. The van der Waals surface area contributed by atoms with Crippen molar-refractivity contribution < 1.29 is 9.53 Å². The number of ether oxygens (including phenoxy) is 1. The molecule has 3 heterocycles. The van der Waals surface area contributed by atoms with Gasteiger partial charge in [0, 0.05) is 30.6 Å². The van der Waals surface area contributed by atoms with Gasteiger partial charge in [-0.15, -0.1) is 0 Å². The monoisotopic (exact) mass is 339 g/mol. The van der Waals surface area contributed by atoms with Crippen LogP contribution in [-0.4, -0.2) is 59.5 Å². The molecule has 25 heavy (non-hydrogen) atoms. The van der Waals surface area contributed by atoms with Gasteiger partial charge in [-0.05, 0) is 43.3 Å². The minimum atomic E-state index is 0.0300. The standard InChI is InChI=1S/C20H25N3O2/c1-3-15-12-22-10-6-8-16(22)13-23(15)20(24)18-11-14-7-4-5-9-17(14)19(21-18)25-2/h4-5,7,9,11,15-16H,3,6,8,10,12-13H2,1-2H3/t15-,16-/m0/s1. The van der Waals surface area contributed by atoms with Crippen molar-refractivity contribution >= 4 is 16.7 Å². The van der Waals surface area contributed by atoms with Gasteiger partial charge in [0.25, 0.3) is 5.91 Å². The molecule has 2 aliphatic heterocycles. The zero-order valence-electron chi connectivity index (χ0n) is 14.9. The topological polar surface area (TPSA) is 45.7 Å². The third kappa shape index (κ3) is 2.86. The number of nitrogens with zero attached hydrogens (tertiary/aromatic N) is 3. The normalized spacial score (nSPS) is 23.7. The number of rotatable bonds is 3. The molecule has 2 saturated heterocycles. The molecule has 0 saturated carbocycles. The molecule has 2 atom stereocenters. The van der Waals surface area contributed by atoms with Crippen molar-refractivity contribution in [1.82, 2.24) is 14.8 Å². The summed E-state index contributed by atoms with van der Waals surface area (Å²) in [4.78, 5) is 22.4. The van der Waals surface area contributed by atoms with Crippen molar-refractivity contribution in [2.75, 3.05) is 26.7 Å². The number of hydrogen-bond acceptors (Lipinski definition) is 4. The Morgan fingerprint density at radius 2 is 2.16 bits per heavy atom. The summed E-state index contributed by atoms with van der Waals surface area (Å²) < 4.78 is 5.44. The number of pyridine rings is 1. The molecular weight excluding hydrogens is 314 g/mol. The van der Waals surface area contributed by atoms with Crippen LogP contribution >= 0.6 is 0 Å². The highest BCUT2D eigenvalue weighted by atomic mass is 16.5. The molecule has 1 aromatic heterocycles. The summed E-state index contributed by atoms with van der Waals surface area (Å²) in [7, 11) is 1.61. The first kappa shape index (κ1) is 16.3. The summed E-state index contributed by atoms with van der Waals surface area (Å²) in [5, 5.41) is 1.93. The van der Waals surface area contributed by atoms with Gasteiger partial charge in [-0.25, -0.2) is 4.98 Å². The van der Waals surface area contributed by atoms with Crippen LogP contribution in [0.15, 0.2) is 30.3 Å². The fraction of sp³-hybridized carbons (Fsp3) is 0.500. The van der Waals surface area contributed by atoms with Gasteiger partial charge < -0.3 is 9.64 Å². The summed E-state index contributed by atoms with van der Waals surface area (Å²) in [6.07, 6.45) is 3.40. The van der Waals surface area contributed by atoms with Gasteiger partial charge in [-0.3, -0.25) is 9.69 Å². The number of benzene rings is 1. The van der Waals surface area contributed by atoms with E-state index in [0.717, 1.165) is 30.3 Å². The van der Waals surface area contributed by atoms with Crippen LogP contribution in [-0.2, 0) is 0 Å². The van der Waals surface area contributed by atoms with Crippen molar-refractivity contribution in [3.8, 4) is 5.88 Å². The van der Waals surface area contributed by atoms with Crippen LogP contribution in [0.4, 0.5) is 0 Å². The molecule has 2 fully saturated rings. The third-order valence-corrected chi connectivity index (χ3v) is 5.64. The molecule has 0 radical (unpaired) electrons. The molecular formula is C20H25N3O2. The molecule has 1 amide bonds. The van der Waals surface area contributed by atoms with Crippen molar-refractivity contribution in [1.29, 1.82) is 0 Å². The minimum Gasteiger partial charge on any atom is -0.481 e. The van der Waals surface area contributed by atoms with E-state index in [1.165, 1.54) is 19.4 Å². The first-order valence-electron chi connectivity index (χ1n) is 9.20. The van der Waals surface area contributed by atoms with Crippen molar-refractivity contribution in [3.05, 3.63) is 36.0 Å². The molecule has 0 N–H and O–H groups in total. The number of carbonyl (C=O) groups is 1. The van der Waals surface area contributed by atoms with Crippen LogP contribution in [0.1, 0.15) is 36.7 Å². The van der Waals surface area contributed by atoms with Crippen molar-refractivity contribution in [2.24, 2.45) is 0 Å². The highest BCUT2D eigenvalue weighted by molar-refractivity contribution is 5.98. The Morgan fingerprint density at radius 3 is 2.96 bits per heavy atom. The Labute approximate surface area is 148 Å². The molecule has 1 aromatic carbocycles. The van der Waals surface area contributed by atoms with E-state index in [1.54, 1.807) is 7.11 Å². The number of hydrogen-bond donors (Lipinski definition) is 0. The smallest absolute Gasteiger partial charge is 0.272 e. The maximum absolute atomic E-state index is 13.3. The van der Waals surface area contributed by atoms with Gasteiger partial charge in [-0.2, -0.15) is 0 Å². The first-order chi connectivity index (χ1) is 12.2. The Bertz CT molecular complexity index is 792. The predicted octanol–water partition coefficient (Wildman–Crippen LogP) is 2.94. The average Bonchev–Trinajstić information content (AvgIpc) is 3.12. The SMILES string of the molecule is CC[C@H]1CN2CCC[C@H]2CN1C(=O)c1cc2ccccc2c(OC)n1. The molecule has 0 aliphatic carbocycles. The number of amides is 1. The van der Waals surface area contributed by atoms with Crippen LogP contribution in [0.2, 0.25) is 0 Å². The fourth-order valence-electron chi connectivity index (χ4n) is 4.26. The van der Waals surface area contributed by atoms with Gasteiger partial charge in [0.15, 0.2) is 0 Å². The Hall–Kier alpha value is -2.14. The molecule has 0 bridgehead atoms. The highest BCUT2D eigenvalue weighted by Crippen LogP contribution is 2.29. The number of fused-ring (bicyclic) bond motifs is 2. The van der Waals surface area contributed by atoms with E-state index in [-0.39, 0.29) is 11.9 Å². The molecule has 2 aliphatic rings. The molecule has 132 valence electrons. The first-order valence-corrected chi connectivity index (χ1v) is 9.20. The van der Waals surface area contributed by atoms with Gasteiger partial charge in [0.05, 0.1) is 7.11 Å². The Morgan fingerprint density at radius 1 is 1.32 bits per heavy atom. The average molecular weight is 339 g/mol. The maximum atomic E-state index is 13.3. The van der Waals surface area contributed by atoms with Gasteiger partial charge >= 0.3 is 0 Å². The Balaban J connectivity index is 1.68. The molecule has 2 aromatic rings. The van der Waals surface area contributed by atoms with Crippen LogP contribution in [0.25, 0.3) is 10.8 Å². The lowest BCUT2D eigenvalue weighted by atomic mass is 10.0. The fourth-order valence-corrected chi connectivity index (χ4v) is 4.26. The zero-order valence-corrected chi connectivity index (χ0v) is 14.9. The van der Waals surface area contributed by atoms with E-state index in [9.17, 15) is 4.79 Å².